The first-order chi connectivity index (χ1) is 19.0. The van der Waals surface area contributed by atoms with E-state index in [2.05, 4.69) is 24.3 Å². The maximum absolute atomic E-state index is 13.1. The van der Waals surface area contributed by atoms with Crippen LogP contribution >= 0.6 is 0 Å². The maximum atomic E-state index is 13.1. The van der Waals surface area contributed by atoms with Gasteiger partial charge in [0.15, 0.2) is 0 Å². The van der Waals surface area contributed by atoms with Crippen molar-refractivity contribution < 1.29 is 19.4 Å². The third kappa shape index (κ3) is 8.05. The molecule has 0 bridgehead atoms. The summed E-state index contributed by atoms with van der Waals surface area (Å²) in [5, 5.41) is 9.91. The molecule has 200 valence electrons. The predicted molar refractivity (Wildman–Crippen MR) is 154 cm³/mol. The highest BCUT2D eigenvalue weighted by Gasteiger charge is 2.27. The number of ether oxygens (including phenoxy) is 1. The quantitative estimate of drug-likeness (QED) is 0.212. The molecule has 0 radical (unpaired) electrons. The fourth-order valence-electron chi connectivity index (χ4n) is 4.78. The third-order valence-corrected chi connectivity index (χ3v) is 7.03. The van der Waals surface area contributed by atoms with Gasteiger partial charge >= 0.3 is 5.97 Å². The number of benzene rings is 4. The number of nitrogens with zero attached hydrogens (tertiary/aromatic N) is 1. The Labute approximate surface area is 230 Å². The van der Waals surface area contributed by atoms with E-state index in [0.29, 0.717) is 25.2 Å². The van der Waals surface area contributed by atoms with Crippen molar-refractivity contribution in [3.63, 3.8) is 0 Å². The minimum absolute atomic E-state index is 0.162. The number of carbonyl (C=O) groups is 2. The van der Waals surface area contributed by atoms with Gasteiger partial charge in [0, 0.05) is 25.8 Å². The largest absolute Gasteiger partial charge is 0.489 e. The van der Waals surface area contributed by atoms with Crippen LogP contribution in [0.3, 0.4) is 0 Å². The normalized spacial score (nSPS) is 11.6. The van der Waals surface area contributed by atoms with Crippen LogP contribution in [0, 0.1) is 0 Å². The summed E-state index contributed by atoms with van der Waals surface area (Å²) >= 11 is 0. The number of amides is 1. The number of hydrogen-bond donors (Lipinski definition) is 1. The molecular weight excluding hydrogens is 486 g/mol. The summed E-state index contributed by atoms with van der Waals surface area (Å²) in [5.74, 6) is -0.277. The Morgan fingerprint density at radius 2 is 1.28 bits per heavy atom. The fraction of sp³-hybridized carbons (Fsp3) is 0.235. The van der Waals surface area contributed by atoms with Crippen LogP contribution in [-0.4, -0.2) is 35.0 Å². The maximum Gasteiger partial charge on any atom is 0.326 e. The minimum Gasteiger partial charge on any atom is -0.489 e. The van der Waals surface area contributed by atoms with E-state index in [9.17, 15) is 14.7 Å². The smallest absolute Gasteiger partial charge is 0.326 e. The second-order valence-electron chi connectivity index (χ2n) is 9.75. The first kappa shape index (κ1) is 27.6. The van der Waals surface area contributed by atoms with Crippen molar-refractivity contribution in [2.45, 2.75) is 44.2 Å². The Morgan fingerprint density at radius 1 is 0.744 bits per heavy atom. The molecule has 0 aliphatic heterocycles. The molecule has 0 heterocycles. The molecule has 5 heteroatoms. The van der Waals surface area contributed by atoms with Crippen LogP contribution in [0.4, 0.5) is 0 Å². The molecule has 4 rings (SSSR count). The molecule has 0 fully saturated rings. The number of rotatable bonds is 13. The molecule has 1 amide bonds. The van der Waals surface area contributed by atoms with Gasteiger partial charge in [-0.05, 0) is 47.2 Å². The SMILES string of the molecule is CN(C(=O)CCCC(c1ccccc1)c1ccccc1)C(Cc1ccc(OCc2ccccc2)cc1)C(=O)O. The van der Waals surface area contributed by atoms with Crippen molar-refractivity contribution in [3.05, 3.63) is 138 Å². The van der Waals surface area contributed by atoms with Crippen LogP contribution in [-0.2, 0) is 22.6 Å². The van der Waals surface area contributed by atoms with E-state index in [1.807, 2.05) is 91.0 Å². The Morgan fingerprint density at radius 3 is 1.82 bits per heavy atom. The number of carbonyl (C=O) groups excluding carboxylic acids is 1. The van der Waals surface area contributed by atoms with Crippen molar-refractivity contribution in [2.75, 3.05) is 7.05 Å². The number of carboxylic acid groups (broad SMARTS) is 1. The number of hydrogen-bond acceptors (Lipinski definition) is 3. The molecule has 0 aliphatic rings. The van der Waals surface area contributed by atoms with Crippen molar-refractivity contribution in [1.29, 1.82) is 0 Å². The molecular formula is C34H35NO4. The third-order valence-electron chi connectivity index (χ3n) is 7.03. The number of aliphatic carboxylic acids is 1. The summed E-state index contributed by atoms with van der Waals surface area (Å²) in [6, 6.07) is 37.0. The van der Waals surface area contributed by atoms with Gasteiger partial charge in [0.2, 0.25) is 5.91 Å². The van der Waals surface area contributed by atoms with Crippen LogP contribution in [0.1, 0.15) is 47.4 Å². The minimum atomic E-state index is -1.01. The average molecular weight is 522 g/mol. The zero-order valence-electron chi connectivity index (χ0n) is 22.3. The van der Waals surface area contributed by atoms with Gasteiger partial charge in [-0.2, -0.15) is 0 Å². The molecule has 0 saturated heterocycles. The highest BCUT2D eigenvalue weighted by Crippen LogP contribution is 2.29. The van der Waals surface area contributed by atoms with Gasteiger partial charge in [0.1, 0.15) is 18.4 Å². The van der Waals surface area contributed by atoms with Gasteiger partial charge in [-0.25, -0.2) is 4.79 Å². The van der Waals surface area contributed by atoms with Crippen molar-refractivity contribution in [1.82, 2.24) is 4.90 Å². The molecule has 0 saturated carbocycles. The van der Waals surface area contributed by atoms with E-state index >= 15 is 0 Å². The van der Waals surface area contributed by atoms with Gasteiger partial charge in [-0.3, -0.25) is 4.79 Å². The standard InChI is InChI=1S/C34H35NO4/c1-35(33(36)19-11-18-31(28-14-7-3-8-15-28)29-16-9-4-10-17-29)32(34(37)38)24-26-20-22-30(23-21-26)39-25-27-12-5-2-6-13-27/h2-10,12-17,20-23,31-32H,11,18-19,24-25H2,1H3,(H,37,38). The molecule has 39 heavy (non-hydrogen) atoms. The van der Waals surface area contributed by atoms with Crippen molar-refractivity contribution in [2.24, 2.45) is 0 Å². The van der Waals surface area contributed by atoms with Crippen LogP contribution in [0.15, 0.2) is 115 Å². The fourth-order valence-corrected chi connectivity index (χ4v) is 4.78. The Balaban J connectivity index is 1.32. The first-order valence-electron chi connectivity index (χ1n) is 13.4. The second-order valence-corrected chi connectivity index (χ2v) is 9.75. The van der Waals surface area contributed by atoms with E-state index in [1.54, 1.807) is 7.05 Å². The zero-order chi connectivity index (χ0) is 27.5. The van der Waals surface area contributed by atoms with E-state index in [0.717, 1.165) is 17.5 Å². The second kappa shape index (κ2) is 14.0. The lowest BCUT2D eigenvalue weighted by atomic mass is 9.87. The van der Waals surface area contributed by atoms with Gasteiger partial charge in [0.05, 0.1) is 0 Å². The van der Waals surface area contributed by atoms with Crippen LogP contribution < -0.4 is 4.74 Å². The number of carboxylic acids is 1. The van der Waals surface area contributed by atoms with Crippen LogP contribution in [0.2, 0.25) is 0 Å². The highest BCUT2D eigenvalue weighted by atomic mass is 16.5. The zero-order valence-corrected chi connectivity index (χ0v) is 22.3. The van der Waals surface area contributed by atoms with E-state index < -0.39 is 12.0 Å². The van der Waals surface area contributed by atoms with Crippen molar-refractivity contribution in [3.8, 4) is 5.75 Å². The predicted octanol–water partition coefficient (Wildman–Crippen LogP) is 6.72. The van der Waals surface area contributed by atoms with E-state index in [4.69, 9.17) is 4.74 Å². The lowest BCUT2D eigenvalue weighted by Gasteiger charge is -2.25. The lowest BCUT2D eigenvalue weighted by molar-refractivity contribution is -0.149. The Hall–Kier alpha value is -4.38. The van der Waals surface area contributed by atoms with Crippen LogP contribution in [0.5, 0.6) is 5.75 Å². The lowest BCUT2D eigenvalue weighted by Crippen LogP contribution is -2.43. The molecule has 5 nitrogen and oxygen atoms in total. The van der Waals surface area contributed by atoms with Gasteiger partial charge < -0.3 is 14.7 Å². The molecule has 0 aromatic heterocycles. The summed E-state index contributed by atoms with van der Waals surface area (Å²) in [7, 11) is 1.59. The van der Waals surface area contributed by atoms with Crippen molar-refractivity contribution >= 4 is 11.9 Å². The number of likely N-dealkylation sites (N-methyl/N-ethyl adjacent to an activating group) is 1. The van der Waals surface area contributed by atoms with Crippen LogP contribution in [0.25, 0.3) is 0 Å². The molecule has 1 atom stereocenters. The summed E-state index contributed by atoms with van der Waals surface area (Å²) in [6.07, 6.45) is 1.99. The van der Waals surface area contributed by atoms with Gasteiger partial charge in [0.25, 0.3) is 0 Å². The summed E-state index contributed by atoms with van der Waals surface area (Å²) in [4.78, 5) is 26.5. The Kier molecular flexibility index (Phi) is 9.90. The van der Waals surface area contributed by atoms with E-state index in [1.165, 1.54) is 16.0 Å². The van der Waals surface area contributed by atoms with Gasteiger partial charge in [-0.1, -0.05) is 103 Å². The molecule has 4 aromatic rings. The topological polar surface area (TPSA) is 66.8 Å². The molecule has 1 N–H and O–H groups in total. The average Bonchev–Trinajstić information content (AvgIpc) is 2.98. The molecule has 4 aromatic carbocycles. The molecule has 0 spiro atoms. The summed E-state index contributed by atoms with van der Waals surface area (Å²) < 4.78 is 5.83. The Bertz CT molecular complexity index is 1270. The molecule has 1 unspecified atom stereocenters. The summed E-state index contributed by atoms with van der Waals surface area (Å²) in [5.41, 5.74) is 4.34. The van der Waals surface area contributed by atoms with E-state index in [-0.39, 0.29) is 18.2 Å². The van der Waals surface area contributed by atoms with Gasteiger partial charge in [-0.15, -0.1) is 0 Å². The molecule has 0 aliphatic carbocycles. The highest BCUT2D eigenvalue weighted by molar-refractivity contribution is 5.83. The summed E-state index contributed by atoms with van der Waals surface area (Å²) in [6.45, 7) is 0.463. The first-order valence-corrected chi connectivity index (χ1v) is 13.4. The monoisotopic (exact) mass is 521 g/mol.